The van der Waals surface area contributed by atoms with Crippen molar-refractivity contribution in [3.63, 3.8) is 0 Å². The van der Waals surface area contributed by atoms with Crippen molar-refractivity contribution >= 4 is 62.1 Å². The van der Waals surface area contributed by atoms with Gasteiger partial charge in [0, 0.05) is 62.2 Å². The van der Waals surface area contributed by atoms with Crippen molar-refractivity contribution in [3.05, 3.63) is 113 Å². The van der Waals surface area contributed by atoms with Crippen LogP contribution in [0.5, 0.6) is 5.75 Å². The highest BCUT2D eigenvalue weighted by atomic mass is 32.1. The quantitative estimate of drug-likeness (QED) is 0.0364. The van der Waals surface area contributed by atoms with E-state index in [-0.39, 0.29) is 53.4 Å². The van der Waals surface area contributed by atoms with E-state index in [9.17, 15) is 44.7 Å². The van der Waals surface area contributed by atoms with Gasteiger partial charge in [0.05, 0.1) is 34.3 Å². The number of nitrogens with two attached hydrogens (primary N) is 1. The maximum absolute atomic E-state index is 13.8. The second-order valence-corrected chi connectivity index (χ2v) is 25.2. The van der Waals surface area contributed by atoms with Gasteiger partial charge in [-0.05, 0) is 140 Å². The SMILES string of the molecule is Cc1c(-c2ccc(N3CCc4cccc(C(=O)Nc5nc6ccccc6s5)c4C3)nc2C(=O)O)cnn1CC12CC3(C)CC(C)(C1)CC(OCCN(C)C(=O)OCc1ccc(O[C@@H]4O[C@H](C(=O)O)[C@@H](O)[C@H](O)[C@H]4O)c(NCCCN)c1)(C3)C2. The highest BCUT2D eigenvalue weighted by Crippen LogP contribution is 2.72. The summed E-state index contributed by atoms with van der Waals surface area (Å²) in [7, 11) is 1.66. The molecule has 440 valence electrons. The van der Waals surface area contributed by atoms with Crippen LogP contribution >= 0.6 is 11.3 Å². The number of nitrogens with one attached hydrogen (secondary N) is 2. The van der Waals surface area contributed by atoms with Gasteiger partial charge < -0.3 is 65.3 Å². The van der Waals surface area contributed by atoms with Crippen LogP contribution in [0.15, 0.2) is 79.0 Å². The van der Waals surface area contributed by atoms with E-state index < -0.39 is 54.3 Å². The molecule has 5 heterocycles. The summed E-state index contributed by atoms with van der Waals surface area (Å²) in [5.74, 6) is -2.29. The standard InChI is InChI=1S/C60H71N9O13S/c1-34-39(37-14-16-45(65-46(37)52(74)75)68-20-17-36-9-7-10-38(40(36)25-68)51(73)66-55-64-41-11-5-6-12-44(41)83-55)24-63-69(34)33-59-28-57(2)27-58(3,29-59)31-60(30-57,32-59)80-22-21-67(4)56(78)79-26-35-13-15-43(42(23-35)62-19-8-18-61)81-54-49(72)47(70)48(71)50(82-54)53(76)77/h5-7,9-16,23-24,47-50,54,62,70-72H,8,17-22,25-33,61H2,1-4H3,(H,74,75)(H,76,77)(H,64,66,73)/t47-,48-,49+,50-,54+,57?,58?,59?,60?/m0/s1. The van der Waals surface area contributed by atoms with E-state index >= 15 is 0 Å². The molecule has 6 aromatic rings. The van der Waals surface area contributed by atoms with Crippen LogP contribution in [0.25, 0.3) is 21.3 Å². The fourth-order valence-corrected chi connectivity index (χ4v) is 15.5. The first-order valence-electron chi connectivity index (χ1n) is 28.1. The van der Waals surface area contributed by atoms with E-state index in [1.807, 2.05) is 71.1 Å². The van der Waals surface area contributed by atoms with Crippen LogP contribution < -0.4 is 26.0 Å². The lowest BCUT2D eigenvalue weighted by atomic mass is 9.39. The zero-order chi connectivity index (χ0) is 58.6. The number of anilines is 3. The summed E-state index contributed by atoms with van der Waals surface area (Å²) >= 11 is 1.42. The maximum Gasteiger partial charge on any atom is 0.409 e. The Kier molecular flexibility index (Phi) is 15.8. The average Bonchev–Trinajstić information content (AvgIpc) is 1.32. The van der Waals surface area contributed by atoms with E-state index in [2.05, 4.69) is 29.5 Å². The molecular weight excluding hydrogens is 1090 g/mol. The summed E-state index contributed by atoms with van der Waals surface area (Å²) in [5.41, 5.74) is 11.4. The van der Waals surface area contributed by atoms with Crippen molar-refractivity contribution in [2.24, 2.45) is 22.0 Å². The Labute approximate surface area is 483 Å². The topological polar surface area (TPSA) is 307 Å². The summed E-state index contributed by atoms with van der Waals surface area (Å²) in [6.07, 6.45) is -0.839. The number of nitrogens with zero attached hydrogens (tertiary/aromatic N) is 6. The molecule has 5 fully saturated rings. The number of aliphatic hydroxyl groups excluding tert-OH is 3. The number of thiazole rings is 1. The molecular formula is C60H71N9O13S. The van der Waals surface area contributed by atoms with Gasteiger partial charge in [-0.1, -0.05) is 55.5 Å². The molecule has 4 saturated carbocycles. The molecule has 2 unspecified atom stereocenters. The minimum absolute atomic E-state index is 0.0108. The Morgan fingerprint density at radius 2 is 1.69 bits per heavy atom. The molecule has 0 spiro atoms. The zero-order valence-corrected chi connectivity index (χ0v) is 47.7. The third-order valence-corrected chi connectivity index (χ3v) is 18.2. The number of carboxylic acid groups (broad SMARTS) is 2. The van der Waals surface area contributed by atoms with E-state index in [1.165, 1.54) is 22.3 Å². The molecule has 22 nitrogen and oxygen atoms in total. The molecule has 2 amide bonds. The minimum Gasteiger partial charge on any atom is -0.479 e. The number of benzene rings is 3. The Morgan fingerprint density at radius 1 is 0.904 bits per heavy atom. The normalized spacial score (nSPS) is 27.0. The highest BCUT2D eigenvalue weighted by molar-refractivity contribution is 7.22. The molecule has 2 aliphatic heterocycles. The number of ether oxygens (including phenoxy) is 4. The third-order valence-electron chi connectivity index (χ3n) is 17.3. The number of amides is 2. The lowest BCUT2D eigenvalue weighted by Crippen LogP contribution is -2.64. The molecule has 1 saturated heterocycles. The Hall–Kier alpha value is -7.25. The van der Waals surface area contributed by atoms with Crippen molar-refractivity contribution in [3.8, 4) is 16.9 Å². The van der Waals surface area contributed by atoms with Crippen LogP contribution in [0.3, 0.4) is 0 Å². The molecule has 0 radical (unpaired) electrons. The fourth-order valence-electron chi connectivity index (χ4n) is 14.7. The van der Waals surface area contributed by atoms with Gasteiger partial charge in [0.2, 0.25) is 6.29 Å². The van der Waals surface area contributed by atoms with Gasteiger partial charge >= 0.3 is 18.0 Å². The number of para-hydroxylation sites is 1. The number of likely N-dealkylation sites (N-methyl/N-ethyl adjacent to an activating group) is 1. The van der Waals surface area contributed by atoms with Gasteiger partial charge in [-0.3, -0.25) is 14.8 Å². The minimum atomic E-state index is -1.87. The second-order valence-electron chi connectivity index (χ2n) is 24.2. The van der Waals surface area contributed by atoms with Crippen LogP contribution in [-0.4, -0.2) is 150 Å². The predicted molar refractivity (Wildman–Crippen MR) is 307 cm³/mol. The molecule has 83 heavy (non-hydrogen) atoms. The monoisotopic (exact) mass is 1160 g/mol. The van der Waals surface area contributed by atoms with Crippen LogP contribution in [0, 0.1) is 23.2 Å². The molecule has 23 heteroatoms. The summed E-state index contributed by atoms with van der Waals surface area (Å²) < 4.78 is 26.9. The second kappa shape index (κ2) is 22.7. The number of carboxylic acids is 2. The number of aromatic nitrogens is 4. The largest absolute Gasteiger partial charge is 0.479 e. The first-order chi connectivity index (χ1) is 39.6. The number of aliphatic carboxylic acids is 1. The van der Waals surface area contributed by atoms with E-state index in [1.54, 1.807) is 25.4 Å². The number of rotatable bonds is 20. The van der Waals surface area contributed by atoms with Gasteiger partial charge in [-0.15, -0.1) is 0 Å². The smallest absolute Gasteiger partial charge is 0.409 e. The fraction of sp³-hybridized carbons (Fsp3) is 0.483. The van der Waals surface area contributed by atoms with Gasteiger partial charge in [0.15, 0.2) is 16.9 Å². The van der Waals surface area contributed by atoms with Crippen LogP contribution in [0.1, 0.15) is 102 Å². The molecule has 4 bridgehead atoms. The van der Waals surface area contributed by atoms with E-state index in [4.69, 9.17) is 34.8 Å². The van der Waals surface area contributed by atoms with Gasteiger partial charge in [-0.25, -0.2) is 24.4 Å². The number of hydrogen-bond acceptors (Lipinski definition) is 18. The number of carbonyl (C=O) groups is 4. The van der Waals surface area contributed by atoms with Gasteiger partial charge in [-0.2, -0.15) is 5.10 Å². The number of hydrogen-bond donors (Lipinski definition) is 8. The predicted octanol–water partition coefficient (Wildman–Crippen LogP) is 6.81. The highest BCUT2D eigenvalue weighted by Gasteiger charge is 2.66. The lowest BCUT2D eigenvalue weighted by Gasteiger charge is -2.69. The van der Waals surface area contributed by atoms with Crippen LogP contribution in [-0.2, 0) is 45.1 Å². The van der Waals surface area contributed by atoms with Crippen molar-refractivity contribution in [2.45, 2.75) is 128 Å². The van der Waals surface area contributed by atoms with Crippen molar-refractivity contribution in [1.82, 2.24) is 24.6 Å². The van der Waals surface area contributed by atoms with Crippen molar-refractivity contribution in [1.29, 1.82) is 0 Å². The number of pyridine rings is 1. The molecule has 9 N–H and O–H groups in total. The average molecular weight is 1160 g/mol. The number of aromatic carboxylic acids is 1. The van der Waals surface area contributed by atoms with Crippen LogP contribution in [0.2, 0.25) is 0 Å². The summed E-state index contributed by atoms with van der Waals surface area (Å²) in [5, 5.41) is 62.9. The number of aliphatic hydroxyl groups is 3. The molecule has 4 aliphatic carbocycles. The molecule has 3 aromatic heterocycles. The molecule has 7 atom stereocenters. The first kappa shape index (κ1) is 57.6. The van der Waals surface area contributed by atoms with E-state index in [0.29, 0.717) is 84.5 Å². The van der Waals surface area contributed by atoms with E-state index in [0.717, 1.165) is 65.6 Å². The number of fused-ring (bicyclic) bond motifs is 2. The number of carbonyl (C=O) groups excluding carboxylic acids is 2. The van der Waals surface area contributed by atoms with Gasteiger partial charge in [0.25, 0.3) is 5.91 Å². The first-order valence-corrected chi connectivity index (χ1v) is 28.9. The molecule has 6 aliphatic rings. The van der Waals surface area contributed by atoms with Crippen molar-refractivity contribution < 1.29 is 63.7 Å². The summed E-state index contributed by atoms with van der Waals surface area (Å²) in [6, 6.07) is 22.0. The summed E-state index contributed by atoms with van der Waals surface area (Å²) in [6.45, 7) is 9.58. The van der Waals surface area contributed by atoms with Crippen molar-refractivity contribution in [2.75, 3.05) is 55.4 Å². The Balaban J connectivity index is 0.729. The Bertz CT molecular complexity index is 3410. The molecule has 12 rings (SSSR count). The Morgan fingerprint density at radius 3 is 2.43 bits per heavy atom. The maximum atomic E-state index is 13.8. The molecule has 3 aromatic carbocycles. The van der Waals surface area contributed by atoms with Crippen LogP contribution in [0.4, 0.5) is 21.4 Å². The summed E-state index contributed by atoms with van der Waals surface area (Å²) in [4.78, 5) is 64.9. The lowest BCUT2D eigenvalue weighted by molar-refractivity contribution is -0.271. The van der Waals surface area contributed by atoms with Gasteiger partial charge in [0.1, 0.15) is 36.5 Å². The third kappa shape index (κ3) is 11.7. The zero-order valence-electron chi connectivity index (χ0n) is 46.9.